The van der Waals surface area contributed by atoms with Crippen LogP contribution in [-0.4, -0.2) is 48.8 Å². The number of amides is 3. The van der Waals surface area contributed by atoms with Crippen molar-refractivity contribution >= 4 is 29.6 Å². The molecule has 112 valence electrons. The average Bonchev–Trinajstić information content (AvgIpc) is 2.65. The third-order valence-electron chi connectivity index (χ3n) is 3.47. The van der Waals surface area contributed by atoms with Crippen molar-refractivity contribution in [3.8, 4) is 0 Å². The van der Waals surface area contributed by atoms with Crippen LogP contribution in [0, 0.1) is 0 Å². The maximum atomic E-state index is 12.1. The first-order valence-electron chi connectivity index (χ1n) is 6.64. The Morgan fingerprint density at radius 2 is 2.10 bits per heavy atom. The van der Waals surface area contributed by atoms with Gasteiger partial charge in [0.05, 0.1) is 11.4 Å². The predicted molar refractivity (Wildman–Crippen MR) is 78.8 cm³/mol. The van der Waals surface area contributed by atoms with Gasteiger partial charge >= 0.3 is 0 Å². The number of carbonyl (C=O) groups is 3. The molecule has 1 aromatic rings. The number of carbonyl (C=O) groups excluding carboxylic acids is 3. The fourth-order valence-corrected chi connectivity index (χ4v) is 1.96. The Hall–Kier alpha value is -2.57. The second-order valence-corrected chi connectivity index (χ2v) is 4.92. The van der Waals surface area contributed by atoms with Gasteiger partial charge in [-0.1, -0.05) is 12.1 Å². The molecule has 0 bridgehead atoms. The molecular weight excluding hydrogens is 272 g/mol. The molecule has 1 aliphatic heterocycles. The molecule has 0 spiro atoms. The van der Waals surface area contributed by atoms with E-state index in [1.54, 1.807) is 13.0 Å². The van der Waals surface area contributed by atoms with Gasteiger partial charge < -0.3 is 20.9 Å². The molecule has 0 saturated heterocycles. The van der Waals surface area contributed by atoms with Gasteiger partial charge in [-0.25, -0.2) is 0 Å². The Labute approximate surface area is 122 Å². The van der Waals surface area contributed by atoms with Crippen LogP contribution in [0.5, 0.6) is 0 Å². The number of para-hydroxylation sites is 2. The predicted octanol–water partition coefficient (Wildman–Crippen LogP) is 0.0121. The fraction of sp³-hybridized carbons (Fsp3) is 0.357. The van der Waals surface area contributed by atoms with Crippen molar-refractivity contribution < 1.29 is 14.4 Å². The first kappa shape index (κ1) is 14.8. The summed E-state index contributed by atoms with van der Waals surface area (Å²) in [4.78, 5) is 36.1. The van der Waals surface area contributed by atoms with E-state index in [1.165, 1.54) is 11.9 Å². The minimum absolute atomic E-state index is 0.284. The summed E-state index contributed by atoms with van der Waals surface area (Å²) in [6.07, 6.45) is 0.575. The molecule has 0 aliphatic carbocycles. The average molecular weight is 290 g/mol. The van der Waals surface area contributed by atoms with E-state index in [-0.39, 0.29) is 18.4 Å². The number of hydrogen-bond acceptors (Lipinski definition) is 4. The highest BCUT2D eigenvalue weighted by Gasteiger charge is 2.27. The number of hydrogen-bond donors (Lipinski definition) is 3. The highest BCUT2D eigenvalue weighted by atomic mass is 16.2. The van der Waals surface area contributed by atoms with Crippen LogP contribution in [0.4, 0.5) is 11.4 Å². The maximum Gasteiger partial charge on any atom is 0.248 e. The molecule has 1 unspecified atom stereocenters. The van der Waals surface area contributed by atoms with Crippen molar-refractivity contribution in [1.82, 2.24) is 10.2 Å². The van der Waals surface area contributed by atoms with Crippen LogP contribution in [-0.2, 0) is 14.4 Å². The van der Waals surface area contributed by atoms with Gasteiger partial charge in [0.15, 0.2) is 0 Å². The Morgan fingerprint density at radius 3 is 2.76 bits per heavy atom. The van der Waals surface area contributed by atoms with Crippen LogP contribution in [0.2, 0.25) is 0 Å². The second-order valence-electron chi connectivity index (χ2n) is 4.92. The van der Waals surface area contributed by atoms with E-state index in [9.17, 15) is 14.4 Å². The van der Waals surface area contributed by atoms with E-state index in [0.717, 1.165) is 5.69 Å². The van der Waals surface area contributed by atoms with Gasteiger partial charge in [0.25, 0.3) is 0 Å². The van der Waals surface area contributed by atoms with E-state index >= 15 is 0 Å². The Bertz CT molecular complexity index is 561. The lowest BCUT2D eigenvalue weighted by Crippen LogP contribution is -2.52. The lowest BCUT2D eigenvalue weighted by molar-refractivity contribution is -0.133. The summed E-state index contributed by atoms with van der Waals surface area (Å²) >= 11 is 0. The third-order valence-corrected chi connectivity index (χ3v) is 3.47. The summed E-state index contributed by atoms with van der Waals surface area (Å²) in [5.74, 6) is -0.667. The smallest absolute Gasteiger partial charge is 0.248 e. The van der Waals surface area contributed by atoms with Crippen molar-refractivity contribution in [2.24, 2.45) is 0 Å². The zero-order chi connectivity index (χ0) is 15.4. The normalized spacial score (nSPS) is 18.4. The fourth-order valence-electron chi connectivity index (χ4n) is 1.96. The Morgan fingerprint density at radius 1 is 1.43 bits per heavy atom. The maximum absolute atomic E-state index is 12.1. The van der Waals surface area contributed by atoms with Crippen LogP contribution in [0.25, 0.3) is 0 Å². The zero-order valence-electron chi connectivity index (χ0n) is 11.9. The van der Waals surface area contributed by atoms with Gasteiger partial charge in [0.2, 0.25) is 18.2 Å². The van der Waals surface area contributed by atoms with Crippen molar-refractivity contribution in [2.45, 2.75) is 19.0 Å². The largest absolute Gasteiger partial charge is 0.381 e. The lowest BCUT2D eigenvalue weighted by atomic mass is 10.2. The number of rotatable bonds is 4. The molecule has 3 N–H and O–H groups in total. The van der Waals surface area contributed by atoms with Gasteiger partial charge in [-0.3, -0.25) is 14.4 Å². The highest BCUT2D eigenvalue weighted by molar-refractivity contribution is 6.01. The van der Waals surface area contributed by atoms with Crippen molar-refractivity contribution in [3.05, 3.63) is 24.3 Å². The second kappa shape index (κ2) is 6.25. The number of nitrogens with one attached hydrogen (secondary N) is 3. The summed E-state index contributed by atoms with van der Waals surface area (Å²) in [6.45, 7) is 1.88. The molecule has 0 radical (unpaired) electrons. The van der Waals surface area contributed by atoms with E-state index in [4.69, 9.17) is 0 Å². The van der Waals surface area contributed by atoms with Crippen molar-refractivity contribution in [3.63, 3.8) is 0 Å². The standard InChI is InChI=1S/C14H18N4O3/c1-9(18(2)8-19)13(20)17-12-7-15-10-5-3-4-6-11(10)16-14(12)21/h3-6,8-9,12,15H,7H2,1-2H3,(H,16,21)(H,17,20)/t9-,12?/m0/s1. The van der Waals surface area contributed by atoms with Gasteiger partial charge in [0, 0.05) is 13.6 Å². The molecule has 0 saturated carbocycles. The molecule has 1 heterocycles. The van der Waals surface area contributed by atoms with E-state index in [1.807, 2.05) is 18.2 Å². The van der Waals surface area contributed by atoms with Gasteiger partial charge in [-0.05, 0) is 19.1 Å². The lowest BCUT2D eigenvalue weighted by Gasteiger charge is -2.22. The molecule has 3 amide bonds. The summed E-state index contributed by atoms with van der Waals surface area (Å²) < 4.78 is 0. The number of anilines is 2. The third kappa shape index (κ3) is 3.31. The van der Waals surface area contributed by atoms with E-state index in [0.29, 0.717) is 12.1 Å². The summed E-state index contributed by atoms with van der Waals surface area (Å²) in [6, 6.07) is 5.97. The van der Waals surface area contributed by atoms with Gasteiger partial charge in [0.1, 0.15) is 12.1 Å². The molecule has 2 rings (SSSR count). The first-order valence-corrected chi connectivity index (χ1v) is 6.64. The Balaban J connectivity index is 2.04. The first-order chi connectivity index (χ1) is 10.0. The number of likely N-dealkylation sites (N-methyl/N-ethyl adjacent to an activating group) is 1. The number of nitrogens with zero attached hydrogens (tertiary/aromatic N) is 1. The molecule has 21 heavy (non-hydrogen) atoms. The van der Waals surface area contributed by atoms with Crippen molar-refractivity contribution in [2.75, 3.05) is 24.2 Å². The Kier molecular flexibility index (Phi) is 4.42. The van der Waals surface area contributed by atoms with Gasteiger partial charge in [-0.15, -0.1) is 0 Å². The van der Waals surface area contributed by atoms with Crippen LogP contribution >= 0.6 is 0 Å². The molecule has 7 nitrogen and oxygen atoms in total. The highest BCUT2D eigenvalue weighted by Crippen LogP contribution is 2.23. The quantitative estimate of drug-likeness (QED) is 0.681. The summed E-state index contributed by atoms with van der Waals surface area (Å²) in [7, 11) is 1.51. The van der Waals surface area contributed by atoms with E-state index in [2.05, 4.69) is 16.0 Å². The molecule has 2 atom stereocenters. The van der Waals surface area contributed by atoms with Gasteiger partial charge in [-0.2, -0.15) is 0 Å². The van der Waals surface area contributed by atoms with Crippen LogP contribution in [0.15, 0.2) is 24.3 Å². The zero-order valence-corrected chi connectivity index (χ0v) is 11.9. The minimum Gasteiger partial charge on any atom is -0.381 e. The molecule has 0 fully saturated rings. The number of fused-ring (bicyclic) bond motifs is 1. The topological polar surface area (TPSA) is 90.5 Å². The molecular formula is C14H18N4O3. The molecule has 7 heteroatoms. The minimum atomic E-state index is -0.701. The summed E-state index contributed by atoms with van der Waals surface area (Å²) in [5, 5.41) is 8.52. The SMILES string of the molecule is C[C@@H](C(=O)NC1CNc2ccccc2NC1=O)N(C)C=O. The summed E-state index contributed by atoms with van der Waals surface area (Å²) in [5.41, 5.74) is 1.48. The van der Waals surface area contributed by atoms with E-state index < -0.39 is 12.1 Å². The van der Waals surface area contributed by atoms with Crippen LogP contribution in [0.3, 0.4) is 0 Å². The monoisotopic (exact) mass is 290 g/mol. The molecule has 1 aromatic carbocycles. The van der Waals surface area contributed by atoms with Crippen LogP contribution in [0.1, 0.15) is 6.92 Å². The molecule has 1 aliphatic rings. The molecule has 0 aromatic heterocycles. The van der Waals surface area contributed by atoms with Crippen LogP contribution < -0.4 is 16.0 Å². The van der Waals surface area contributed by atoms with Crippen molar-refractivity contribution in [1.29, 1.82) is 0 Å². The number of benzene rings is 1.